The Morgan fingerprint density at radius 3 is 2.71 bits per heavy atom. The number of para-hydroxylation sites is 1. The van der Waals surface area contributed by atoms with Crippen molar-refractivity contribution in [3.05, 3.63) is 48.3 Å². The van der Waals surface area contributed by atoms with E-state index in [2.05, 4.69) is 15.3 Å². The summed E-state index contributed by atoms with van der Waals surface area (Å²) in [5.41, 5.74) is 0.668. The second-order valence-electron chi connectivity index (χ2n) is 5.77. The van der Waals surface area contributed by atoms with Crippen LogP contribution in [0.3, 0.4) is 0 Å². The minimum Gasteiger partial charge on any atom is -0.454 e. The number of rotatable bonds is 4. The van der Waals surface area contributed by atoms with E-state index in [0.29, 0.717) is 22.6 Å². The third-order valence-corrected chi connectivity index (χ3v) is 4.81. The van der Waals surface area contributed by atoms with Crippen molar-refractivity contribution in [2.75, 3.05) is 17.9 Å². The Bertz CT molecular complexity index is 1060. The number of fused-ring (bicyclic) bond motifs is 2. The monoisotopic (exact) mass is 407 g/mol. The third-order valence-electron chi connectivity index (χ3n) is 3.82. The quantitative estimate of drug-likeness (QED) is 0.518. The molecule has 1 aliphatic heterocycles. The lowest BCUT2D eigenvalue weighted by molar-refractivity contribution is -0.145. The number of aromatic nitrogens is 2. The van der Waals surface area contributed by atoms with Crippen LogP contribution in [-0.2, 0) is 11.0 Å². The molecular weight excluding hydrogens is 395 g/mol. The van der Waals surface area contributed by atoms with Gasteiger partial charge in [-0.05, 0) is 18.2 Å². The molecule has 0 unspecified atom stereocenters. The lowest BCUT2D eigenvalue weighted by atomic mass is 10.2. The fourth-order valence-electron chi connectivity index (χ4n) is 2.59. The van der Waals surface area contributed by atoms with Gasteiger partial charge in [0.15, 0.2) is 11.5 Å². The predicted octanol–water partition coefficient (Wildman–Crippen LogP) is 4.11. The highest BCUT2D eigenvalue weighted by atomic mass is 32.2. The van der Waals surface area contributed by atoms with Gasteiger partial charge >= 0.3 is 6.18 Å². The van der Waals surface area contributed by atoms with Crippen molar-refractivity contribution in [3.63, 3.8) is 0 Å². The maximum absolute atomic E-state index is 13.1. The molecule has 0 bridgehead atoms. The van der Waals surface area contributed by atoms with E-state index in [0.717, 1.165) is 11.8 Å². The number of halogens is 3. The molecule has 4 rings (SSSR count). The van der Waals surface area contributed by atoms with Crippen molar-refractivity contribution in [2.45, 2.75) is 11.2 Å². The summed E-state index contributed by atoms with van der Waals surface area (Å²) in [5.74, 6) is -0.640. The molecule has 1 amide bonds. The molecule has 0 saturated carbocycles. The largest absolute Gasteiger partial charge is 0.454 e. The van der Waals surface area contributed by atoms with Crippen LogP contribution >= 0.6 is 11.8 Å². The number of alkyl halides is 3. The first-order valence-corrected chi connectivity index (χ1v) is 9.05. The Morgan fingerprint density at radius 1 is 1.11 bits per heavy atom. The molecule has 0 spiro atoms. The Hall–Kier alpha value is -3.01. The Balaban J connectivity index is 1.51. The first-order chi connectivity index (χ1) is 13.4. The number of nitrogens with one attached hydrogen (secondary N) is 1. The first kappa shape index (κ1) is 18.4. The van der Waals surface area contributed by atoms with Gasteiger partial charge in [0.2, 0.25) is 18.5 Å². The summed E-state index contributed by atoms with van der Waals surface area (Å²) in [4.78, 5) is 19.4. The zero-order valence-corrected chi connectivity index (χ0v) is 14.9. The normalized spacial score (nSPS) is 13.0. The van der Waals surface area contributed by atoms with Crippen LogP contribution in [0.4, 0.5) is 18.9 Å². The van der Waals surface area contributed by atoms with Gasteiger partial charge in [-0.15, -0.1) is 0 Å². The molecule has 1 N–H and O–H groups in total. The van der Waals surface area contributed by atoms with E-state index in [1.165, 1.54) is 6.07 Å². The van der Waals surface area contributed by atoms with Crippen LogP contribution in [0, 0.1) is 0 Å². The second kappa shape index (κ2) is 7.19. The number of ether oxygens (including phenoxy) is 2. The highest BCUT2D eigenvalue weighted by Crippen LogP contribution is 2.35. The molecule has 0 radical (unpaired) electrons. The third kappa shape index (κ3) is 3.81. The fraction of sp³-hybridized carbons (Fsp3) is 0.167. The van der Waals surface area contributed by atoms with Gasteiger partial charge in [0.05, 0.1) is 11.3 Å². The van der Waals surface area contributed by atoms with Crippen LogP contribution < -0.4 is 14.8 Å². The maximum Gasteiger partial charge on any atom is 0.451 e. The lowest BCUT2D eigenvalue weighted by Crippen LogP contribution is -2.15. The molecule has 144 valence electrons. The highest BCUT2D eigenvalue weighted by molar-refractivity contribution is 8.00. The molecular formula is C18H12F3N3O3S. The predicted molar refractivity (Wildman–Crippen MR) is 96.5 cm³/mol. The zero-order chi connectivity index (χ0) is 19.7. The van der Waals surface area contributed by atoms with Crippen LogP contribution in [0.1, 0.15) is 5.82 Å². The molecule has 2 aromatic carbocycles. The van der Waals surface area contributed by atoms with Crippen LogP contribution in [-0.4, -0.2) is 28.4 Å². The average Bonchev–Trinajstić information content (AvgIpc) is 3.13. The Kier molecular flexibility index (Phi) is 4.71. The molecule has 0 atom stereocenters. The van der Waals surface area contributed by atoms with E-state index in [1.54, 1.807) is 36.4 Å². The number of carbonyl (C=O) groups excluding carboxylic acids is 1. The first-order valence-electron chi connectivity index (χ1n) is 8.06. The van der Waals surface area contributed by atoms with Crippen LogP contribution in [0.2, 0.25) is 0 Å². The molecule has 6 nitrogen and oxygen atoms in total. The van der Waals surface area contributed by atoms with Crippen molar-refractivity contribution < 1.29 is 27.4 Å². The molecule has 1 aliphatic rings. The van der Waals surface area contributed by atoms with Crippen molar-refractivity contribution in [1.82, 2.24) is 9.97 Å². The summed E-state index contributed by atoms with van der Waals surface area (Å²) in [6.45, 7) is 0.116. The number of hydrogen-bond acceptors (Lipinski definition) is 6. The van der Waals surface area contributed by atoms with Crippen LogP contribution in [0.5, 0.6) is 11.5 Å². The second-order valence-corrected chi connectivity index (χ2v) is 6.74. The standard InChI is InChI=1S/C18H12F3N3O3S/c19-18(20,21)17-23-12-4-2-1-3-11(12)16(24-17)28-8-15(25)22-10-5-6-13-14(7-10)27-9-26-13/h1-7H,8-9H2,(H,22,25). The van der Waals surface area contributed by atoms with Crippen molar-refractivity contribution in [1.29, 1.82) is 0 Å². The topological polar surface area (TPSA) is 73.3 Å². The molecule has 1 aromatic heterocycles. The molecule has 0 fully saturated rings. The van der Waals surface area contributed by atoms with E-state index in [1.807, 2.05) is 0 Å². The lowest BCUT2D eigenvalue weighted by Gasteiger charge is -2.10. The van der Waals surface area contributed by atoms with Gasteiger partial charge in [0.25, 0.3) is 0 Å². The number of anilines is 1. The summed E-state index contributed by atoms with van der Waals surface area (Å²) in [6.07, 6.45) is -4.67. The minimum absolute atomic E-state index is 0.0961. The molecule has 10 heteroatoms. The number of hydrogen-bond donors (Lipinski definition) is 1. The van der Waals surface area contributed by atoms with Crippen LogP contribution in [0.25, 0.3) is 10.9 Å². The molecule has 28 heavy (non-hydrogen) atoms. The molecule has 0 saturated heterocycles. The number of nitrogens with zero attached hydrogens (tertiary/aromatic N) is 2. The number of benzene rings is 2. The van der Waals surface area contributed by atoms with Crippen LogP contribution in [0.15, 0.2) is 47.5 Å². The Labute approximate surface area is 161 Å². The van der Waals surface area contributed by atoms with Gasteiger partial charge in [-0.25, -0.2) is 9.97 Å². The van der Waals surface area contributed by atoms with Crippen molar-refractivity contribution >= 4 is 34.3 Å². The van der Waals surface area contributed by atoms with E-state index in [9.17, 15) is 18.0 Å². The van der Waals surface area contributed by atoms with Gasteiger partial charge in [0, 0.05) is 17.1 Å². The average molecular weight is 407 g/mol. The number of thioether (sulfide) groups is 1. The molecule has 0 aliphatic carbocycles. The van der Waals surface area contributed by atoms with Gasteiger partial charge in [-0.2, -0.15) is 13.2 Å². The molecule has 2 heterocycles. The van der Waals surface area contributed by atoms with Gasteiger partial charge in [-0.1, -0.05) is 30.0 Å². The van der Waals surface area contributed by atoms with E-state index in [4.69, 9.17) is 9.47 Å². The minimum atomic E-state index is -4.67. The van der Waals surface area contributed by atoms with Gasteiger partial charge in [0.1, 0.15) is 5.03 Å². The zero-order valence-electron chi connectivity index (χ0n) is 14.1. The van der Waals surface area contributed by atoms with E-state index >= 15 is 0 Å². The van der Waals surface area contributed by atoms with Gasteiger partial charge < -0.3 is 14.8 Å². The van der Waals surface area contributed by atoms with Crippen molar-refractivity contribution in [3.8, 4) is 11.5 Å². The fourth-order valence-corrected chi connectivity index (χ4v) is 3.41. The number of carbonyl (C=O) groups is 1. The summed E-state index contributed by atoms with van der Waals surface area (Å²) >= 11 is 0.914. The Morgan fingerprint density at radius 2 is 1.89 bits per heavy atom. The summed E-state index contributed by atoms with van der Waals surface area (Å²) in [6, 6.07) is 11.3. The highest BCUT2D eigenvalue weighted by Gasteiger charge is 2.35. The maximum atomic E-state index is 13.1. The summed E-state index contributed by atoms with van der Waals surface area (Å²) in [7, 11) is 0. The van der Waals surface area contributed by atoms with E-state index < -0.39 is 12.0 Å². The molecule has 3 aromatic rings. The smallest absolute Gasteiger partial charge is 0.451 e. The van der Waals surface area contributed by atoms with Crippen molar-refractivity contribution in [2.24, 2.45) is 0 Å². The summed E-state index contributed by atoms with van der Waals surface area (Å²) in [5, 5.41) is 3.22. The SMILES string of the molecule is O=C(CSc1nc(C(F)(F)F)nc2ccccc12)Nc1ccc2c(c1)OCO2. The number of amides is 1. The summed E-state index contributed by atoms with van der Waals surface area (Å²) < 4.78 is 49.6. The van der Waals surface area contributed by atoms with Gasteiger partial charge in [-0.3, -0.25) is 4.79 Å². The van der Waals surface area contributed by atoms with E-state index in [-0.39, 0.29) is 29.0 Å².